The SMILES string of the molecule is Cn1cc2c(-c3cc(F)c(Cn4c(=O)cnc5ncccc54)c(F)c3)cccc2n1. The highest BCUT2D eigenvalue weighted by Crippen LogP contribution is 2.30. The number of halogens is 2. The summed E-state index contributed by atoms with van der Waals surface area (Å²) in [6.07, 6.45) is 4.45. The van der Waals surface area contributed by atoms with Gasteiger partial charge in [0.25, 0.3) is 5.56 Å². The maximum Gasteiger partial charge on any atom is 0.269 e. The standard InChI is InChI=1S/C22H15F2N5O/c1-28-11-15-14(4-2-5-19(15)27-28)13-8-17(23)16(18(24)9-13)12-29-20-6-3-7-25-22(20)26-10-21(29)30/h2-11H,12H2,1H3. The molecule has 0 spiro atoms. The molecule has 8 heteroatoms. The topological polar surface area (TPSA) is 65.6 Å². The van der Waals surface area contributed by atoms with Gasteiger partial charge in [0.15, 0.2) is 5.65 Å². The number of nitrogens with zero attached hydrogens (tertiary/aromatic N) is 5. The largest absolute Gasteiger partial charge is 0.299 e. The van der Waals surface area contributed by atoms with Crippen molar-refractivity contribution < 1.29 is 8.78 Å². The second kappa shape index (κ2) is 6.84. The Bertz CT molecular complexity index is 1470. The first-order valence-electron chi connectivity index (χ1n) is 9.22. The lowest BCUT2D eigenvalue weighted by molar-refractivity contribution is 0.545. The molecule has 0 unspecified atom stereocenters. The van der Waals surface area contributed by atoms with E-state index in [1.807, 2.05) is 12.3 Å². The van der Waals surface area contributed by atoms with Crippen molar-refractivity contribution in [3.8, 4) is 11.1 Å². The summed E-state index contributed by atoms with van der Waals surface area (Å²) in [4.78, 5) is 20.4. The molecule has 0 radical (unpaired) electrons. The van der Waals surface area contributed by atoms with Crippen LogP contribution in [0.25, 0.3) is 33.2 Å². The summed E-state index contributed by atoms with van der Waals surface area (Å²) in [7, 11) is 1.79. The summed E-state index contributed by atoms with van der Waals surface area (Å²) in [5.41, 5.74) is 1.91. The van der Waals surface area contributed by atoms with Gasteiger partial charge in [0.1, 0.15) is 11.6 Å². The zero-order valence-corrected chi connectivity index (χ0v) is 15.9. The minimum Gasteiger partial charge on any atom is -0.299 e. The molecule has 0 N–H and O–H groups in total. The van der Waals surface area contributed by atoms with Crippen LogP contribution in [-0.2, 0) is 13.6 Å². The molecular weight excluding hydrogens is 388 g/mol. The third-order valence-electron chi connectivity index (χ3n) is 5.05. The molecule has 0 saturated carbocycles. The van der Waals surface area contributed by atoms with E-state index >= 15 is 8.78 Å². The minimum atomic E-state index is -0.730. The number of fused-ring (bicyclic) bond motifs is 2. The number of hydrogen-bond donors (Lipinski definition) is 0. The van der Waals surface area contributed by atoms with Gasteiger partial charge in [-0.3, -0.25) is 14.0 Å². The Morgan fingerprint density at radius 3 is 2.63 bits per heavy atom. The van der Waals surface area contributed by atoms with E-state index in [-0.39, 0.29) is 12.1 Å². The predicted octanol–water partition coefficient (Wildman–Crippen LogP) is 3.67. The van der Waals surface area contributed by atoms with E-state index in [2.05, 4.69) is 15.1 Å². The maximum absolute atomic E-state index is 15.0. The Hall–Kier alpha value is -3.94. The van der Waals surface area contributed by atoms with Crippen molar-refractivity contribution in [2.24, 2.45) is 7.05 Å². The van der Waals surface area contributed by atoms with Crippen LogP contribution in [0.3, 0.4) is 0 Å². The molecule has 3 aromatic heterocycles. The number of aromatic nitrogens is 5. The molecule has 148 valence electrons. The molecule has 0 aliphatic carbocycles. The highest BCUT2D eigenvalue weighted by Gasteiger charge is 2.16. The third-order valence-corrected chi connectivity index (χ3v) is 5.05. The van der Waals surface area contributed by atoms with E-state index in [0.29, 0.717) is 22.3 Å². The van der Waals surface area contributed by atoms with Crippen molar-refractivity contribution in [1.29, 1.82) is 0 Å². The molecule has 0 amide bonds. The fourth-order valence-electron chi connectivity index (χ4n) is 3.65. The van der Waals surface area contributed by atoms with E-state index in [4.69, 9.17) is 0 Å². The predicted molar refractivity (Wildman–Crippen MR) is 109 cm³/mol. The second-order valence-electron chi connectivity index (χ2n) is 6.99. The molecule has 30 heavy (non-hydrogen) atoms. The van der Waals surface area contributed by atoms with Gasteiger partial charge in [0, 0.05) is 30.4 Å². The monoisotopic (exact) mass is 403 g/mol. The second-order valence-corrected chi connectivity index (χ2v) is 6.99. The van der Waals surface area contributed by atoms with Gasteiger partial charge in [-0.05, 0) is 41.5 Å². The van der Waals surface area contributed by atoms with Crippen LogP contribution in [0.2, 0.25) is 0 Å². The van der Waals surface area contributed by atoms with Crippen LogP contribution in [0, 0.1) is 11.6 Å². The van der Waals surface area contributed by atoms with Gasteiger partial charge in [0.2, 0.25) is 0 Å². The number of hydrogen-bond acceptors (Lipinski definition) is 4. The van der Waals surface area contributed by atoms with Gasteiger partial charge < -0.3 is 0 Å². The summed E-state index contributed by atoms with van der Waals surface area (Å²) >= 11 is 0. The molecule has 0 saturated heterocycles. The Balaban J connectivity index is 1.63. The van der Waals surface area contributed by atoms with E-state index in [1.165, 1.54) is 16.7 Å². The van der Waals surface area contributed by atoms with Crippen molar-refractivity contribution in [2.75, 3.05) is 0 Å². The summed E-state index contributed by atoms with van der Waals surface area (Å²) in [6.45, 7) is -0.265. The first kappa shape index (κ1) is 18.1. The summed E-state index contributed by atoms with van der Waals surface area (Å²) in [5, 5.41) is 5.14. The van der Waals surface area contributed by atoms with Gasteiger partial charge >= 0.3 is 0 Å². The maximum atomic E-state index is 15.0. The van der Waals surface area contributed by atoms with E-state index < -0.39 is 17.2 Å². The molecule has 3 heterocycles. The van der Waals surface area contributed by atoms with Crippen molar-refractivity contribution in [3.05, 3.63) is 88.6 Å². The van der Waals surface area contributed by atoms with Gasteiger partial charge in [-0.2, -0.15) is 5.10 Å². The summed E-state index contributed by atoms with van der Waals surface area (Å²) in [5.74, 6) is -1.46. The van der Waals surface area contributed by atoms with Crippen molar-refractivity contribution in [2.45, 2.75) is 6.54 Å². The van der Waals surface area contributed by atoms with E-state index in [0.717, 1.165) is 17.1 Å². The van der Waals surface area contributed by atoms with Crippen molar-refractivity contribution in [1.82, 2.24) is 24.3 Å². The van der Waals surface area contributed by atoms with Crippen molar-refractivity contribution in [3.63, 3.8) is 0 Å². The fraction of sp³-hybridized carbons (Fsp3) is 0.0909. The van der Waals surface area contributed by atoms with Crippen LogP contribution in [0.15, 0.2) is 65.8 Å². The van der Waals surface area contributed by atoms with Gasteiger partial charge in [-0.1, -0.05) is 12.1 Å². The number of pyridine rings is 1. The van der Waals surface area contributed by atoms with Gasteiger partial charge in [-0.15, -0.1) is 0 Å². The summed E-state index contributed by atoms with van der Waals surface area (Å²) < 4.78 is 32.9. The van der Waals surface area contributed by atoms with Crippen LogP contribution in [-0.4, -0.2) is 24.3 Å². The average molecular weight is 403 g/mol. The smallest absolute Gasteiger partial charge is 0.269 e. The van der Waals surface area contributed by atoms with E-state index in [1.54, 1.807) is 42.2 Å². The lowest BCUT2D eigenvalue weighted by atomic mass is 10.00. The van der Waals surface area contributed by atoms with Crippen LogP contribution < -0.4 is 5.56 Å². The van der Waals surface area contributed by atoms with Crippen LogP contribution in [0.1, 0.15) is 5.56 Å². The van der Waals surface area contributed by atoms with Gasteiger partial charge in [0.05, 0.1) is 23.8 Å². The normalized spacial score (nSPS) is 11.4. The van der Waals surface area contributed by atoms with E-state index in [9.17, 15) is 4.79 Å². The molecule has 0 atom stereocenters. The zero-order valence-electron chi connectivity index (χ0n) is 15.9. The Morgan fingerprint density at radius 1 is 1.03 bits per heavy atom. The molecule has 2 aromatic carbocycles. The fourth-order valence-corrected chi connectivity index (χ4v) is 3.65. The number of rotatable bonds is 3. The zero-order chi connectivity index (χ0) is 20.8. The van der Waals surface area contributed by atoms with Crippen LogP contribution in [0.4, 0.5) is 8.78 Å². The minimum absolute atomic E-state index is 0.199. The molecule has 0 fully saturated rings. The first-order chi connectivity index (χ1) is 14.5. The Kier molecular flexibility index (Phi) is 4.13. The molecule has 5 rings (SSSR count). The molecule has 6 nitrogen and oxygen atoms in total. The molecule has 0 bridgehead atoms. The molecule has 0 aliphatic heterocycles. The van der Waals surface area contributed by atoms with Crippen LogP contribution in [0.5, 0.6) is 0 Å². The average Bonchev–Trinajstić information content (AvgIpc) is 3.12. The highest BCUT2D eigenvalue weighted by atomic mass is 19.1. The number of aryl methyl sites for hydroxylation is 1. The molecule has 0 aliphatic rings. The quantitative estimate of drug-likeness (QED) is 0.461. The van der Waals surface area contributed by atoms with Crippen molar-refractivity contribution >= 4 is 22.1 Å². The highest BCUT2D eigenvalue weighted by molar-refractivity contribution is 5.94. The number of benzene rings is 2. The summed E-state index contributed by atoms with van der Waals surface area (Å²) in [6, 6.07) is 11.3. The molecule has 5 aromatic rings. The third kappa shape index (κ3) is 2.93. The Labute approximate surface area is 169 Å². The van der Waals surface area contributed by atoms with Gasteiger partial charge in [-0.25, -0.2) is 18.7 Å². The Morgan fingerprint density at radius 2 is 1.83 bits per heavy atom. The molecular formula is C22H15F2N5O. The lowest BCUT2D eigenvalue weighted by Crippen LogP contribution is -2.22. The first-order valence-corrected chi connectivity index (χ1v) is 9.22. The van der Waals surface area contributed by atoms with Crippen LogP contribution >= 0.6 is 0 Å². The lowest BCUT2D eigenvalue weighted by Gasteiger charge is -2.12.